The minimum atomic E-state index is -0.750. The number of amides is 2. The quantitative estimate of drug-likeness (QED) is 0.186. The summed E-state index contributed by atoms with van der Waals surface area (Å²) in [5.74, 6) is 1.08. The molecular formula is C36H26N2O6. The highest BCUT2D eigenvalue weighted by molar-refractivity contribution is 6.03. The van der Waals surface area contributed by atoms with Gasteiger partial charge in [-0.3, -0.25) is 10.6 Å². The average molecular weight is 583 g/mol. The maximum Gasteiger partial charge on any atom is 0.417 e. The van der Waals surface area contributed by atoms with Crippen molar-refractivity contribution in [2.45, 2.75) is 0 Å². The predicted octanol–water partition coefficient (Wildman–Crippen LogP) is 9.65. The normalized spacial score (nSPS) is 10.5. The van der Waals surface area contributed by atoms with E-state index in [0.717, 1.165) is 0 Å². The van der Waals surface area contributed by atoms with Gasteiger partial charge in [0.25, 0.3) is 0 Å². The highest BCUT2D eigenvalue weighted by Gasteiger charge is 2.29. The number of ether oxygens (including phenoxy) is 4. The maximum absolute atomic E-state index is 13.2. The Morgan fingerprint density at radius 2 is 0.705 bits per heavy atom. The molecule has 6 aromatic rings. The lowest BCUT2D eigenvalue weighted by atomic mass is 10.1. The van der Waals surface area contributed by atoms with Crippen LogP contribution in [0.5, 0.6) is 34.5 Å². The number of anilines is 2. The highest BCUT2D eigenvalue weighted by Crippen LogP contribution is 2.54. The monoisotopic (exact) mass is 582 g/mol. The van der Waals surface area contributed by atoms with Gasteiger partial charge in [-0.25, -0.2) is 9.59 Å². The molecular weight excluding hydrogens is 556 g/mol. The van der Waals surface area contributed by atoms with Gasteiger partial charge in [-0.15, -0.1) is 0 Å². The van der Waals surface area contributed by atoms with Crippen LogP contribution in [0.1, 0.15) is 0 Å². The van der Waals surface area contributed by atoms with Crippen molar-refractivity contribution in [1.82, 2.24) is 0 Å². The lowest BCUT2D eigenvalue weighted by molar-refractivity contribution is 0.210. The number of hydrogen-bond donors (Lipinski definition) is 2. The second-order valence-electron chi connectivity index (χ2n) is 9.45. The molecule has 0 spiro atoms. The number of carbonyl (C=O) groups is 2. The molecule has 0 saturated heterocycles. The molecule has 0 bridgehead atoms. The molecule has 8 heteroatoms. The van der Waals surface area contributed by atoms with E-state index in [4.69, 9.17) is 18.9 Å². The van der Waals surface area contributed by atoms with E-state index in [9.17, 15) is 9.59 Å². The van der Waals surface area contributed by atoms with E-state index < -0.39 is 12.2 Å². The third-order valence-corrected chi connectivity index (χ3v) is 6.39. The van der Waals surface area contributed by atoms with Crippen LogP contribution in [-0.4, -0.2) is 12.2 Å². The Morgan fingerprint density at radius 3 is 1.07 bits per heavy atom. The third kappa shape index (κ3) is 6.61. The Hall–Kier alpha value is -6.28. The van der Waals surface area contributed by atoms with Crippen molar-refractivity contribution >= 4 is 34.3 Å². The number of para-hydroxylation sites is 4. The van der Waals surface area contributed by atoms with E-state index in [2.05, 4.69) is 10.6 Å². The van der Waals surface area contributed by atoms with Gasteiger partial charge in [0.2, 0.25) is 11.5 Å². The van der Waals surface area contributed by atoms with Crippen molar-refractivity contribution in [3.8, 4) is 34.5 Å². The second-order valence-corrected chi connectivity index (χ2v) is 9.45. The van der Waals surface area contributed by atoms with Gasteiger partial charge in [0, 0.05) is 22.1 Å². The molecule has 216 valence electrons. The van der Waals surface area contributed by atoms with Gasteiger partial charge in [-0.05, 0) is 48.5 Å². The largest absolute Gasteiger partial charge is 0.449 e. The number of carbonyl (C=O) groups excluding carboxylic acids is 2. The molecule has 0 atom stereocenters. The topological polar surface area (TPSA) is 95.1 Å². The first-order valence-corrected chi connectivity index (χ1v) is 13.8. The van der Waals surface area contributed by atoms with Crippen molar-refractivity contribution < 1.29 is 28.5 Å². The predicted molar refractivity (Wildman–Crippen MR) is 169 cm³/mol. The Labute approximate surface area is 253 Å². The van der Waals surface area contributed by atoms with Crippen LogP contribution < -0.4 is 29.6 Å². The van der Waals surface area contributed by atoms with E-state index >= 15 is 0 Å². The van der Waals surface area contributed by atoms with E-state index in [1.807, 2.05) is 48.5 Å². The second kappa shape index (κ2) is 13.1. The maximum atomic E-state index is 13.2. The van der Waals surface area contributed by atoms with Gasteiger partial charge in [-0.1, -0.05) is 97.1 Å². The van der Waals surface area contributed by atoms with Gasteiger partial charge in [0.15, 0.2) is 11.5 Å². The molecule has 8 nitrogen and oxygen atoms in total. The standard InChI is InChI=1S/C36H26N2O6/c39-35(37-25-15-5-1-6-16-25)43-31-29-23-13-14-24-30(29)32(44-36(40)38-26-17-7-2-8-18-26)34(42-28-21-11-4-12-22-28)33(31)41-27-19-9-3-10-20-27/h1-24H,(H,37,39)(H,38,40). The smallest absolute Gasteiger partial charge is 0.417 e. The lowest BCUT2D eigenvalue weighted by Gasteiger charge is -2.21. The molecule has 0 aliphatic heterocycles. The molecule has 0 radical (unpaired) electrons. The summed E-state index contributed by atoms with van der Waals surface area (Å²) in [6.45, 7) is 0. The molecule has 2 N–H and O–H groups in total. The van der Waals surface area contributed by atoms with Gasteiger partial charge in [0.1, 0.15) is 11.5 Å². The van der Waals surface area contributed by atoms with Crippen LogP contribution in [0, 0.1) is 0 Å². The molecule has 0 fully saturated rings. The van der Waals surface area contributed by atoms with Gasteiger partial charge < -0.3 is 18.9 Å². The van der Waals surface area contributed by atoms with Crippen LogP contribution in [0.2, 0.25) is 0 Å². The van der Waals surface area contributed by atoms with Crippen LogP contribution in [-0.2, 0) is 0 Å². The molecule has 0 aliphatic rings. The summed E-state index contributed by atoms with van der Waals surface area (Å²) in [5.41, 5.74) is 1.09. The summed E-state index contributed by atoms with van der Waals surface area (Å²) in [4.78, 5) is 26.5. The van der Waals surface area contributed by atoms with E-state index in [-0.39, 0.29) is 23.0 Å². The zero-order valence-corrected chi connectivity index (χ0v) is 23.3. The van der Waals surface area contributed by atoms with Crippen molar-refractivity contribution in [2.75, 3.05) is 10.6 Å². The first kappa shape index (κ1) is 27.9. The van der Waals surface area contributed by atoms with Crippen LogP contribution in [0.4, 0.5) is 21.0 Å². The summed E-state index contributed by atoms with van der Waals surface area (Å²) in [6, 6.07) is 42.8. The summed E-state index contributed by atoms with van der Waals surface area (Å²) >= 11 is 0. The fourth-order valence-corrected chi connectivity index (χ4v) is 4.45. The van der Waals surface area contributed by atoms with Crippen LogP contribution in [0.25, 0.3) is 10.8 Å². The number of nitrogens with one attached hydrogen (secondary N) is 2. The van der Waals surface area contributed by atoms with E-state index in [1.165, 1.54) is 0 Å². The van der Waals surface area contributed by atoms with E-state index in [0.29, 0.717) is 33.6 Å². The molecule has 0 aromatic heterocycles. The van der Waals surface area contributed by atoms with Crippen LogP contribution >= 0.6 is 0 Å². The first-order valence-electron chi connectivity index (χ1n) is 13.8. The van der Waals surface area contributed by atoms with Crippen molar-refractivity contribution in [3.05, 3.63) is 146 Å². The van der Waals surface area contributed by atoms with Crippen molar-refractivity contribution in [1.29, 1.82) is 0 Å². The molecule has 0 unspecified atom stereocenters. The molecule has 0 saturated carbocycles. The van der Waals surface area contributed by atoms with Gasteiger partial charge in [0.05, 0.1) is 0 Å². The van der Waals surface area contributed by atoms with Gasteiger partial charge in [-0.2, -0.15) is 0 Å². The molecule has 0 heterocycles. The Bertz CT molecular complexity index is 1740. The number of fused-ring (bicyclic) bond motifs is 1. The number of hydrogen-bond acceptors (Lipinski definition) is 6. The zero-order valence-electron chi connectivity index (χ0n) is 23.3. The van der Waals surface area contributed by atoms with Crippen molar-refractivity contribution in [2.24, 2.45) is 0 Å². The first-order chi connectivity index (χ1) is 21.6. The van der Waals surface area contributed by atoms with Crippen molar-refractivity contribution in [3.63, 3.8) is 0 Å². The summed E-state index contributed by atoms with van der Waals surface area (Å²) in [5, 5.41) is 6.37. The van der Waals surface area contributed by atoms with Gasteiger partial charge >= 0.3 is 12.2 Å². The average Bonchev–Trinajstić information content (AvgIpc) is 3.06. The summed E-state index contributed by atoms with van der Waals surface area (Å²) in [6.07, 6.45) is -1.50. The summed E-state index contributed by atoms with van der Waals surface area (Å²) < 4.78 is 24.7. The SMILES string of the molecule is O=C(Nc1ccccc1)Oc1c(Oc2ccccc2)c(Oc2ccccc2)c(OC(=O)Nc2ccccc2)c2ccccc12. The third-order valence-electron chi connectivity index (χ3n) is 6.39. The van der Waals surface area contributed by atoms with Crippen LogP contribution in [0.3, 0.4) is 0 Å². The highest BCUT2D eigenvalue weighted by atomic mass is 16.6. The Balaban J connectivity index is 1.51. The summed E-state index contributed by atoms with van der Waals surface area (Å²) in [7, 11) is 0. The van der Waals surface area contributed by atoms with E-state index in [1.54, 1.807) is 97.1 Å². The zero-order chi connectivity index (χ0) is 30.1. The minimum absolute atomic E-state index is 0.0319. The fourth-order valence-electron chi connectivity index (χ4n) is 4.45. The van der Waals surface area contributed by atoms with Crippen LogP contribution in [0.15, 0.2) is 146 Å². The molecule has 2 amide bonds. The number of benzene rings is 6. The Kier molecular flexibility index (Phi) is 8.32. The Morgan fingerprint density at radius 1 is 0.386 bits per heavy atom. The molecule has 44 heavy (non-hydrogen) atoms. The molecule has 0 aliphatic carbocycles. The number of rotatable bonds is 8. The molecule has 6 aromatic carbocycles. The fraction of sp³-hybridized carbons (Fsp3) is 0. The lowest BCUT2D eigenvalue weighted by Crippen LogP contribution is -2.19. The molecule has 6 rings (SSSR count). The minimum Gasteiger partial charge on any atom is -0.449 e.